The van der Waals surface area contributed by atoms with Crippen molar-refractivity contribution >= 4 is 32.7 Å². The molecule has 0 N–H and O–H groups in total. The van der Waals surface area contributed by atoms with Gasteiger partial charge in [-0.15, -0.1) is 54.1 Å². The van der Waals surface area contributed by atoms with Crippen molar-refractivity contribution in [1.82, 2.24) is 9.97 Å². The summed E-state index contributed by atoms with van der Waals surface area (Å²) in [5, 5.41) is 4.70. The normalized spacial score (nSPS) is 10.7. The van der Waals surface area contributed by atoms with E-state index in [4.69, 9.17) is 4.42 Å². The summed E-state index contributed by atoms with van der Waals surface area (Å²) in [4.78, 5) is 8.86. The summed E-state index contributed by atoms with van der Waals surface area (Å²) in [5.41, 5.74) is 9.05. The number of para-hydroxylation sites is 1. The van der Waals surface area contributed by atoms with Gasteiger partial charge in [0.1, 0.15) is 5.58 Å². The SMILES string of the molecule is Cc1ccc2cc(-c3ccnc(-c4[c-]ccc5c4oc4ccccc45)c3)ccc2c1.[Ir].[c-]1ccccc1-c1ccccn1. The third-order valence-corrected chi connectivity index (χ3v) is 7.33. The average molecular weight is 731 g/mol. The Labute approximate surface area is 264 Å². The van der Waals surface area contributed by atoms with E-state index < -0.39 is 0 Å². The fourth-order valence-corrected chi connectivity index (χ4v) is 5.25. The van der Waals surface area contributed by atoms with E-state index in [0.717, 1.165) is 50.0 Å². The van der Waals surface area contributed by atoms with Crippen molar-refractivity contribution in [2.75, 3.05) is 0 Å². The van der Waals surface area contributed by atoms with Crippen LogP contribution in [0.15, 0.2) is 144 Å². The minimum Gasteiger partial charge on any atom is -0.501 e. The van der Waals surface area contributed by atoms with E-state index in [1.165, 1.54) is 21.9 Å². The summed E-state index contributed by atoms with van der Waals surface area (Å²) in [6.07, 6.45) is 3.65. The molecular weight excluding hydrogens is 705 g/mol. The van der Waals surface area contributed by atoms with Gasteiger partial charge in [-0.2, -0.15) is 0 Å². The van der Waals surface area contributed by atoms with Crippen LogP contribution in [0.4, 0.5) is 0 Å². The van der Waals surface area contributed by atoms with Gasteiger partial charge in [-0.05, 0) is 64.5 Å². The van der Waals surface area contributed by atoms with E-state index in [1.807, 2.05) is 72.9 Å². The summed E-state index contributed by atoms with van der Waals surface area (Å²) in [6, 6.07) is 49.6. The first-order valence-electron chi connectivity index (χ1n) is 13.9. The van der Waals surface area contributed by atoms with E-state index in [2.05, 4.69) is 89.7 Å². The molecule has 209 valence electrons. The summed E-state index contributed by atoms with van der Waals surface area (Å²) >= 11 is 0. The molecule has 8 aromatic rings. The Kier molecular flexibility index (Phi) is 8.24. The van der Waals surface area contributed by atoms with E-state index in [-0.39, 0.29) is 20.1 Å². The average Bonchev–Trinajstić information content (AvgIpc) is 3.45. The maximum atomic E-state index is 6.18. The molecule has 0 saturated carbocycles. The molecule has 4 heteroatoms. The van der Waals surface area contributed by atoms with Gasteiger partial charge < -0.3 is 14.4 Å². The molecule has 0 unspecified atom stereocenters. The Morgan fingerprint density at radius 1 is 0.581 bits per heavy atom. The van der Waals surface area contributed by atoms with Gasteiger partial charge in [0.25, 0.3) is 0 Å². The number of aryl methyl sites for hydroxylation is 1. The molecular formula is C39H26IrN2O-2. The van der Waals surface area contributed by atoms with Gasteiger partial charge in [0.15, 0.2) is 0 Å². The van der Waals surface area contributed by atoms with E-state index in [9.17, 15) is 0 Å². The molecule has 5 aromatic carbocycles. The van der Waals surface area contributed by atoms with Gasteiger partial charge in [0.2, 0.25) is 0 Å². The molecule has 0 aliphatic heterocycles. The van der Waals surface area contributed by atoms with Crippen molar-refractivity contribution < 1.29 is 24.5 Å². The zero-order valence-electron chi connectivity index (χ0n) is 23.4. The molecule has 3 heterocycles. The second-order valence-electron chi connectivity index (χ2n) is 10.2. The number of rotatable bonds is 3. The minimum absolute atomic E-state index is 0. The van der Waals surface area contributed by atoms with E-state index in [0.29, 0.717) is 0 Å². The maximum Gasteiger partial charge on any atom is 0.120 e. The van der Waals surface area contributed by atoms with Crippen LogP contribution in [0.2, 0.25) is 0 Å². The Balaban J connectivity index is 0.000000213. The Bertz CT molecular complexity index is 2120. The van der Waals surface area contributed by atoms with Gasteiger partial charge in [-0.3, -0.25) is 0 Å². The van der Waals surface area contributed by atoms with Gasteiger partial charge in [0, 0.05) is 37.9 Å². The molecule has 3 nitrogen and oxygen atoms in total. The summed E-state index contributed by atoms with van der Waals surface area (Å²) in [6.45, 7) is 2.12. The van der Waals surface area contributed by atoms with Gasteiger partial charge in [-0.25, -0.2) is 0 Å². The van der Waals surface area contributed by atoms with Crippen molar-refractivity contribution in [3.05, 3.63) is 157 Å². The van der Waals surface area contributed by atoms with Crippen molar-refractivity contribution in [2.24, 2.45) is 0 Å². The van der Waals surface area contributed by atoms with Gasteiger partial charge >= 0.3 is 0 Å². The molecule has 0 fully saturated rings. The zero-order chi connectivity index (χ0) is 28.3. The van der Waals surface area contributed by atoms with Crippen LogP contribution in [0.5, 0.6) is 0 Å². The van der Waals surface area contributed by atoms with Crippen LogP contribution >= 0.6 is 0 Å². The molecule has 43 heavy (non-hydrogen) atoms. The van der Waals surface area contributed by atoms with Crippen LogP contribution in [-0.4, -0.2) is 9.97 Å². The van der Waals surface area contributed by atoms with Crippen LogP contribution in [0.1, 0.15) is 5.56 Å². The molecule has 0 atom stereocenters. The Morgan fingerprint density at radius 3 is 2.23 bits per heavy atom. The fourth-order valence-electron chi connectivity index (χ4n) is 5.25. The quantitative estimate of drug-likeness (QED) is 0.170. The zero-order valence-corrected chi connectivity index (χ0v) is 25.8. The van der Waals surface area contributed by atoms with Crippen LogP contribution in [0.25, 0.3) is 66.4 Å². The smallest absolute Gasteiger partial charge is 0.120 e. The summed E-state index contributed by atoms with van der Waals surface area (Å²) in [5.74, 6) is 0. The van der Waals surface area contributed by atoms with Crippen LogP contribution < -0.4 is 0 Å². The van der Waals surface area contributed by atoms with Crippen molar-refractivity contribution in [3.63, 3.8) is 0 Å². The maximum absolute atomic E-state index is 6.18. The Hall–Kier alpha value is -4.89. The third kappa shape index (κ3) is 5.89. The molecule has 8 rings (SSSR count). The Morgan fingerprint density at radius 2 is 1.37 bits per heavy atom. The molecule has 1 radical (unpaired) electrons. The minimum atomic E-state index is 0. The molecule has 3 aromatic heterocycles. The molecule has 0 aliphatic rings. The first-order chi connectivity index (χ1) is 20.7. The van der Waals surface area contributed by atoms with E-state index in [1.54, 1.807) is 6.20 Å². The second kappa shape index (κ2) is 12.5. The summed E-state index contributed by atoms with van der Waals surface area (Å²) < 4.78 is 6.18. The first-order valence-corrected chi connectivity index (χ1v) is 13.9. The number of benzene rings is 5. The van der Waals surface area contributed by atoms with Crippen LogP contribution in [-0.2, 0) is 20.1 Å². The number of hydrogen-bond acceptors (Lipinski definition) is 3. The number of fused-ring (bicyclic) bond motifs is 4. The number of furan rings is 1. The topological polar surface area (TPSA) is 38.9 Å². The predicted octanol–water partition coefficient (Wildman–Crippen LogP) is 10.1. The standard InChI is InChI=1S/C28H18NO.C11H8N.Ir/c1-18-9-10-20-16-21(12-11-19(20)15-18)22-13-14-29-26(17-22)25-7-4-6-24-23-5-2-3-8-27(23)30-28(24)25;1-2-6-10(7-3-1)11-8-4-5-9-12-11;/h2-6,8-17H,1H3;1-6,8-9H;/q2*-1;. The predicted molar refractivity (Wildman–Crippen MR) is 172 cm³/mol. The first kappa shape index (κ1) is 28.2. The molecule has 0 saturated heterocycles. The molecule has 0 amide bonds. The molecule has 0 aliphatic carbocycles. The van der Waals surface area contributed by atoms with Crippen LogP contribution in [0.3, 0.4) is 0 Å². The second-order valence-corrected chi connectivity index (χ2v) is 10.2. The fraction of sp³-hybridized carbons (Fsp3) is 0.0256. The monoisotopic (exact) mass is 731 g/mol. The number of nitrogens with zero attached hydrogens (tertiary/aromatic N) is 2. The van der Waals surface area contributed by atoms with Gasteiger partial charge in [0.05, 0.1) is 5.58 Å². The third-order valence-electron chi connectivity index (χ3n) is 7.33. The molecule has 0 bridgehead atoms. The van der Waals surface area contributed by atoms with E-state index >= 15 is 0 Å². The summed E-state index contributed by atoms with van der Waals surface area (Å²) in [7, 11) is 0. The number of pyridine rings is 2. The number of aromatic nitrogens is 2. The molecule has 0 spiro atoms. The van der Waals surface area contributed by atoms with Crippen molar-refractivity contribution in [3.8, 4) is 33.6 Å². The van der Waals surface area contributed by atoms with Crippen LogP contribution in [0, 0.1) is 19.1 Å². The van der Waals surface area contributed by atoms with Crippen molar-refractivity contribution in [2.45, 2.75) is 6.92 Å². The van der Waals surface area contributed by atoms with Gasteiger partial charge in [-0.1, -0.05) is 83.2 Å². The largest absolute Gasteiger partial charge is 0.501 e. The van der Waals surface area contributed by atoms with Crippen molar-refractivity contribution in [1.29, 1.82) is 0 Å². The number of hydrogen-bond donors (Lipinski definition) is 0.